The Morgan fingerprint density at radius 2 is 2.32 bits per heavy atom. The third-order valence-electron chi connectivity index (χ3n) is 3.08. The number of ether oxygens (including phenoxy) is 1. The van der Waals surface area contributed by atoms with E-state index < -0.39 is 0 Å². The van der Waals surface area contributed by atoms with E-state index in [9.17, 15) is 0 Å². The molecule has 1 aliphatic heterocycles. The SMILES string of the molecule is c1cncc(-c2ccnc(CC3CNCCO3)n2)c1. The van der Waals surface area contributed by atoms with Crippen molar-refractivity contribution in [1.29, 1.82) is 0 Å². The molecule has 1 fully saturated rings. The van der Waals surface area contributed by atoms with Gasteiger partial charge in [0.1, 0.15) is 5.82 Å². The summed E-state index contributed by atoms with van der Waals surface area (Å²) in [5, 5.41) is 3.31. The lowest BCUT2D eigenvalue weighted by molar-refractivity contribution is 0.0280. The fraction of sp³-hybridized carbons (Fsp3) is 0.357. The third-order valence-corrected chi connectivity index (χ3v) is 3.08. The highest BCUT2D eigenvalue weighted by Gasteiger charge is 2.15. The quantitative estimate of drug-likeness (QED) is 0.890. The van der Waals surface area contributed by atoms with Gasteiger partial charge in [-0.1, -0.05) is 0 Å². The number of aromatic nitrogens is 3. The summed E-state index contributed by atoms with van der Waals surface area (Å²) in [5.74, 6) is 0.815. The summed E-state index contributed by atoms with van der Waals surface area (Å²) in [6.45, 7) is 2.54. The molecule has 1 N–H and O–H groups in total. The van der Waals surface area contributed by atoms with Crippen molar-refractivity contribution in [2.45, 2.75) is 12.5 Å². The van der Waals surface area contributed by atoms with E-state index in [0.29, 0.717) is 0 Å². The van der Waals surface area contributed by atoms with Gasteiger partial charge in [0.15, 0.2) is 0 Å². The summed E-state index contributed by atoms with van der Waals surface area (Å²) in [6.07, 6.45) is 6.26. The molecular formula is C14H16N4O. The number of pyridine rings is 1. The first-order valence-electron chi connectivity index (χ1n) is 6.46. The second kappa shape index (κ2) is 5.86. The molecular weight excluding hydrogens is 240 g/mol. The summed E-state index contributed by atoms with van der Waals surface area (Å²) in [7, 11) is 0. The molecule has 0 spiro atoms. The Labute approximate surface area is 112 Å². The highest BCUT2D eigenvalue weighted by Crippen LogP contribution is 2.15. The summed E-state index contributed by atoms with van der Waals surface area (Å²) in [6, 6.07) is 5.81. The van der Waals surface area contributed by atoms with Gasteiger partial charge in [0.05, 0.1) is 18.4 Å². The van der Waals surface area contributed by atoms with Crippen molar-refractivity contribution >= 4 is 0 Å². The smallest absolute Gasteiger partial charge is 0.131 e. The molecule has 2 aromatic rings. The molecule has 19 heavy (non-hydrogen) atoms. The van der Waals surface area contributed by atoms with E-state index in [1.165, 1.54) is 0 Å². The van der Waals surface area contributed by atoms with Gasteiger partial charge in [-0.2, -0.15) is 0 Å². The van der Waals surface area contributed by atoms with E-state index in [0.717, 1.165) is 43.2 Å². The van der Waals surface area contributed by atoms with Gasteiger partial charge in [0.2, 0.25) is 0 Å². The average molecular weight is 256 g/mol. The van der Waals surface area contributed by atoms with Gasteiger partial charge in [0.25, 0.3) is 0 Å². The van der Waals surface area contributed by atoms with Gasteiger partial charge in [-0.05, 0) is 18.2 Å². The van der Waals surface area contributed by atoms with E-state index >= 15 is 0 Å². The monoisotopic (exact) mass is 256 g/mol. The fourth-order valence-electron chi connectivity index (χ4n) is 2.13. The predicted molar refractivity (Wildman–Crippen MR) is 71.6 cm³/mol. The van der Waals surface area contributed by atoms with Gasteiger partial charge in [-0.15, -0.1) is 0 Å². The molecule has 3 heterocycles. The third kappa shape index (κ3) is 3.13. The molecule has 3 rings (SSSR count). The van der Waals surface area contributed by atoms with E-state index in [2.05, 4.69) is 20.3 Å². The minimum Gasteiger partial charge on any atom is -0.375 e. The normalized spacial score (nSPS) is 19.3. The Kier molecular flexibility index (Phi) is 3.76. The van der Waals surface area contributed by atoms with Gasteiger partial charge < -0.3 is 10.1 Å². The lowest BCUT2D eigenvalue weighted by Gasteiger charge is -2.22. The molecule has 98 valence electrons. The molecule has 2 aromatic heterocycles. The minimum atomic E-state index is 0.165. The van der Waals surface area contributed by atoms with Crippen LogP contribution in [0.1, 0.15) is 5.82 Å². The number of hydrogen-bond donors (Lipinski definition) is 1. The zero-order valence-corrected chi connectivity index (χ0v) is 10.6. The fourth-order valence-corrected chi connectivity index (χ4v) is 2.13. The van der Waals surface area contributed by atoms with Crippen LogP contribution in [0.3, 0.4) is 0 Å². The first-order chi connectivity index (χ1) is 9.42. The van der Waals surface area contributed by atoms with Crippen molar-refractivity contribution in [2.75, 3.05) is 19.7 Å². The van der Waals surface area contributed by atoms with E-state index in [1.807, 2.05) is 24.4 Å². The van der Waals surface area contributed by atoms with Crippen molar-refractivity contribution in [3.63, 3.8) is 0 Å². The van der Waals surface area contributed by atoms with E-state index in [-0.39, 0.29) is 6.10 Å². The van der Waals surface area contributed by atoms with Crippen LogP contribution in [0.15, 0.2) is 36.8 Å². The van der Waals surface area contributed by atoms with Crippen molar-refractivity contribution in [2.24, 2.45) is 0 Å². The molecule has 1 unspecified atom stereocenters. The van der Waals surface area contributed by atoms with Crippen LogP contribution in [0.4, 0.5) is 0 Å². The topological polar surface area (TPSA) is 59.9 Å². The molecule has 1 saturated heterocycles. The van der Waals surface area contributed by atoms with Crippen LogP contribution in [0.5, 0.6) is 0 Å². The Balaban J connectivity index is 1.76. The zero-order chi connectivity index (χ0) is 12.9. The van der Waals surface area contributed by atoms with Crippen molar-refractivity contribution in [3.8, 4) is 11.3 Å². The van der Waals surface area contributed by atoms with E-state index in [4.69, 9.17) is 4.74 Å². The van der Waals surface area contributed by atoms with Gasteiger partial charge in [-0.3, -0.25) is 4.98 Å². The van der Waals surface area contributed by atoms with Crippen LogP contribution in [0, 0.1) is 0 Å². The highest BCUT2D eigenvalue weighted by molar-refractivity contribution is 5.56. The summed E-state index contributed by atoms with van der Waals surface area (Å²) >= 11 is 0. The van der Waals surface area contributed by atoms with Crippen LogP contribution < -0.4 is 5.32 Å². The summed E-state index contributed by atoms with van der Waals surface area (Å²) in [4.78, 5) is 13.0. The summed E-state index contributed by atoms with van der Waals surface area (Å²) in [5.41, 5.74) is 1.91. The van der Waals surface area contributed by atoms with Gasteiger partial charge >= 0.3 is 0 Å². The average Bonchev–Trinajstić information content (AvgIpc) is 2.49. The van der Waals surface area contributed by atoms with Crippen LogP contribution in [0.2, 0.25) is 0 Å². The zero-order valence-electron chi connectivity index (χ0n) is 10.6. The standard InChI is InChI=1S/C14H16N4O/c1-2-11(9-15-4-1)13-3-5-17-14(18-13)8-12-10-16-6-7-19-12/h1-5,9,12,16H,6-8,10H2. The number of nitrogens with one attached hydrogen (secondary N) is 1. The van der Waals surface area contributed by atoms with E-state index in [1.54, 1.807) is 12.4 Å². The van der Waals surface area contributed by atoms with Gasteiger partial charge in [-0.25, -0.2) is 9.97 Å². The van der Waals surface area contributed by atoms with Crippen LogP contribution in [-0.2, 0) is 11.2 Å². The lowest BCUT2D eigenvalue weighted by Crippen LogP contribution is -2.39. The Morgan fingerprint density at radius 1 is 1.32 bits per heavy atom. The Bertz CT molecular complexity index is 526. The highest BCUT2D eigenvalue weighted by atomic mass is 16.5. The molecule has 1 atom stereocenters. The molecule has 0 aliphatic carbocycles. The molecule has 5 nitrogen and oxygen atoms in total. The Hall–Kier alpha value is -1.85. The molecule has 0 radical (unpaired) electrons. The van der Waals surface area contributed by atoms with Crippen molar-refractivity contribution in [1.82, 2.24) is 20.3 Å². The second-order valence-corrected chi connectivity index (χ2v) is 4.50. The molecule has 0 saturated carbocycles. The lowest BCUT2D eigenvalue weighted by atomic mass is 10.2. The second-order valence-electron chi connectivity index (χ2n) is 4.50. The van der Waals surface area contributed by atoms with Crippen molar-refractivity contribution in [3.05, 3.63) is 42.6 Å². The molecule has 0 aromatic carbocycles. The maximum Gasteiger partial charge on any atom is 0.131 e. The minimum absolute atomic E-state index is 0.165. The summed E-state index contributed by atoms with van der Waals surface area (Å²) < 4.78 is 5.67. The first kappa shape index (κ1) is 12.2. The largest absolute Gasteiger partial charge is 0.375 e. The van der Waals surface area contributed by atoms with Crippen molar-refractivity contribution < 1.29 is 4.74 Å². The number of rotatable bonds is 3. The predicted octanol–water partition coefficient (Wildman–Crippen LogP) is 1.07. The molecule has 0 bridgehead atoms. The molecule has 1 aliphatic rings. The number of hydrogen-bond acceptors (Lipinski definition) is 5. The maximum absolute atomic E-state index is 5.67. The Morgan fingerprint density at radius 3 is 3.11 bits per heavy atom. The number of nitrogens with zero attached hydrogens (tertiary/aromatic N) is 3. The number of morpholine rings is 1. The molecule has 5 heteroatoms. The van der Waals surface area contributed by atoms with Crippen LogP contribution in [-0.4, -0.2) is 40.8 Å². The maximum atomic E-state index is 5.67. The first-order valence-corrected chi connectivity index (χ1v) is 6.46. The van der Waals surface area contributed by atoms with Crippen LogP contribution in [0.25, 0.3) is 11.3 Å². The van der Waals surface area contributed by atoms with Gasteiger partial charge in [0, 0.05) is 43.7 Å². The molecule has 0 amide bonds. The van der Waals surface area contributed by atoms with Crippen LogP contribution >= 0.6 is 0 Å².